The second-order valence-corrected chi connectivity index (χ2v) is 7.26. The zero-order valence-electron chi connectivity index (χ0n) is 13.6. The van der Waals surface area contributed by atoms with Gasteiger partial charge in [0.1, 0.15) is 5.92 Å². The van der Waals surface area contributed by atoms with Crippen molar-refractivity contribution < 1.29 is 38.9 Å². The first kappa shape index (κ1) is 19.8. The molecule has 0 spiro atoms. The lowest BCUT2D eigenvalue weighted by molar-refractivity contribution is -0.164. The molecule has 0 bridgehead atoms. The van der Waals surface area contributed by atoms with Gasteiger partial charge in [-0.15, -0.1) is 0 Å². The van der Waals surface area contributed by atoms with Crippen LogP contribution in [0.5, 0.6) is 0 Å². The number of aliphatic carboxylic acids is 2. The van der Waals surface area contributed by atoms with E-state index in [9.17, 15) is 34.2 Å². The molecule has 4 N–H and O–H groups in total. The lowest BCUT2D eigenvalue weighted by Gasteiger charge is -2.33. The third-order valence-corrected chi connectivity index (χ3v) is 5.54. The predicted octanol–water partition coefficient (Wildman–Crippen LogP) is 2.13. The fraction of sp³-hybridized carbons (Fsp3) is 0.176. The van der Waals surface area contributed by atoms with Crippen molar-refractivity contribution in [3.8, 4) is 11.1 Å². The van der Waals surface area contributed by atoms with Crippen LogP contribution < -0.4 is 0 Å². The van der Waals surface area contributed by atoms with Crippen LogP contribution in [0.2, 0.25) is 0 Å². The molecule has 8 nitrogen and oxygen atoms in total. The number of methoxy groups -OCH3 is 1. The van der Waals surface area contributed by atoms with Crippen molar-refractivity contribution in [3.63, 3.8) is 0 Å². The first-order valence-electron chi connectivity index (χ1n) is 7.37. The molecule has 0 radical (unpaired) electrons. The largest absolute Gasteiger partial charge is 0.481 e. The molecule has 0 aliphatic heterocycles. The molecule has 0 aliphatic carbocycles. The van der Waals surface area contributed by atoms with Gasteiger partial charge in [0.05, 0.1) is 0 Å². The van der Waals surface area contributed by atoms with E-state index in [1.165, 1.54) is 12.1 Å². The molecule has 9 heteroatoms. The number of hydrogen-bond donors (Lipinski definition) is 4. The van der Waals surface area contributed by atoms with Crippen molar-refractivity contribution in [1.82, 2.24) is 0 Å². The van der Waals surface area contributed by atoms with Gasteiger partial charge < -0.3 is 24.7 Å². The van der Waals surface area contributed by atoms with Gasteiger partial charge in [-0.2, -0.15) is 0 Å². The van der Waals surface area contributed by atoms with Crippen molar-refractivity contribution in [2.45, 2.75) is 11.3 Å². The summed E-state index contributed by atoms with van der Waals surface area (Å²) in [6.07, 6.45) is 0. The lowest BCUT2D eigenvalue weighted by Crippen LogP contribution is -2.49. The van der Waals surface area contributed by atoms with Gasteiger partial charge in [0.2, 0.25) is 0 Å². The minimum Gasteiger partial charge on any atom is -0.481 e. The zero-order chi connectivity index (χ0) is 19.5. The van der Waals surface area contributed by atoms with Crippen LogP contribution in [0.25, 0.3) is 11.1 Å². The summed E-state index contributed by atoms with van der Waals surface area (Å²) < 4.78 is 16.5. The average Bonchev–Trinajstić information content (AvgIpc) is 2.58. The number of benzene rings is 2. The minimum atomic E-state index is -5.51. The Bertz CT molecular complexity index is 843. The summed E-state index contributed by atoms with van der Waals surface area (Å²) in [6.45, 7) is 0. The summed E-state index contributed by atoms with van der Waals surface area (Å²) in [5.41, 5.74) is 1.47. The molecule has 138 valence electrons. The highest BCUT2D eigenvalue weighted by atomic mass is 31.2. The van der Waals surface area contributed by atoms with Crippen molar-refractivity contribution in [1.29, 1.82) is 0 Å². The maximum atomic E-state index is 11.9. The van der Waals surface area contributed by atoms with Gasteiger partial charge in [-0.1, -0.05) is 54.6 Å². The van der Waals surface area contributed by atoms with Gasteiger partial charge >= 0.3 is 19.5 Å². The molecule has 0 aromatic heterocycles. The molecule has 2 aromatic carbocycles. The second-order valence-electron chi connectivity index (χ2n) is 5.51. The third kappa shape index (κ3) is 3.40. The van der Waals surface area contributed by atoms with Gasteiger partial charge in [-0.3, -0.25) is 9.36 Å². The average molecular weight is 380 g/mol. The fourth-order valence-electron chi connectivity index (χ4n) is 2.77. The molecule has 2 rings (SSSR count). The number of carboxylic acid groups (broad SMARTS) is 2. The van der Waals surface area contributed by atoms with E-state index in [4.69, 9.17) is 0 Å². The van der Waals surface area contributed by atoms with Crippen LogP contribution in [0.15, 0.2) is 54.6 Å². The number of carbonyl (C=O) groups is 2. The molecule has 0 heterocycles. The van der Waals surface area contributed by atoms with E-state index in [0.717, 1.165) is 18.2 Å². The Morgan fingerprint density at radius 3 is 1.85 bits per heavy atom. The van der Waals surface area contributed by atoms with Crippen molar-refractivity contribution in [2.24, 2.45) is 0 Å². The number of rotatable bonds is 7. The van der Waals surface area contributed by atoms with Crippen LogP contribution in [0.1, 0.15) is 11.5 Å². The van der Waals surface area contributed by atoms with E-state index < -0.39 is 30.8 Å². The Morgan fingerprint density at radius 1 is 0.962 bits per heavy atom. The summed E-state index contributed by atoms with van der Waals surface area (Å²) in [4.78, 5) is 42.5. The van der Waals surface area contributed by atoms with Gasteiger partial charge in [0.25, 0.3) is 5.34 Å². The summed E-state index contributed by atoms with van der Waals surface area (Å²) in [6, 6.07) is 14.8. The first-order chi connectivity index (χ1) is 12.1. The normalized spacial score (nSPS) is 15.0. The highest BCUT2D eigenvalue weighted by Crippen LogP contribution is 2.58. The van der Waals surface area contributed by atoms with Crippen LogP contribution >= 0.6 is 7.60 Å². The lowest BCUT2D eigenvalue weighted by atomic mass is 9.91. The smallest absolute Gasteiger partial charge is 0.370 e. The minimum absolute atomic E-state index is 0.107. The van der Waals surface area contributed by atoms with Gasteiger partial charge in [-0.05, 0) is 16.7 Å². The van der Waals surface area contributed by atoms with Gasteiger partial charge in [0, 0.05) is 7.11 Å². The van der Waals surface area contributed by atoms with Crippen LogP contribution in [-0.4, -0.2) is 44.4 Å². The Balaban J connectivity index is 2.58. The Kier molecular flexibility index (Phi) is 5.63. The van der Waals surface area contributed by atoms with E-state index in [1.54, 1.807) is 12.1 Å². The van der Waals surface area contributed by atoms with Crippen LogP contribution in [0.4, 0.5) is 0 Å². The number of ether oxygens (including phenoxy) is 1. The quantitative estimate of drug-likeness (QED) is 0.535. The highest BCUT2D eigenvalue weighted by Gasteiger charge is 2.63. The molecular weight excluding hydrogens is 363 g/mol. The molecular formula is C17H17O8P. The SMILES string of the molecule is COC(C(=O)O)(C(C(=O)O)c1ccc(-c2ccccc2)cc1)P(=O)(O)O. The monoisotopic (exact) mass is 380 g/mol. The van der Waals surface area contributed by atoms with Crippen molar-refractivity contribution in [2.75, 3.05) is 7.11 Å². The number of hydrogen-bond acceptors (Lipinski definition) is 4. The van der Waals surface area contributed by atoms with Gasteiger partial charge in [0.15, 0.2) is 0 Å². The highest BCUT2D eigenvalue weighted by molar-refractivity contribution is 7.54. The van der Waals surface area contributed by atoms with Crippen LogP contribution in [0, 0.1) is 0 Å². The molecule has 2 atom stereocenters. The Morgan fingerprint density at radius 2 is 1.46 bits per heavy atom. The molecule has 2 unspecified atom stereocenters. The summed E-state index contributed by atoms with van der Waals surface area (Å²) in [5.74, 6) is -5.91. The molecule has 0 saturated carbocycles. The van der Waals surface area contributed by atoms with Crippen molar-refractivity contribution >= 4 is 19.5 Å². The zero-order valence-corrected chi connectivity index (χ0v) is 14.5. The maximum absolute atomic E-state index is 11.9. The molecule has 0 fully saturated rings. The summed E-state index contributed by atoms with van der Waals surface area (Å²) in [7, 11) is -4.76. The molecule has 0 saturated heterocycles. The predicted molar refractivity (Wildman–Crippen MR) is 91.7 cm³/mol. The standard InChI is InChI=1S/C17H17O8P/c1-25-17(16(20)21,26(22,23)24)14(15(18)19)13-9-7-12(8-10-13)11-5-3-2-4-6-11/h2-10,14H,1H3,(H,18,19)(H,20,21)(H2,22,23,24). The van der Waals surface area contributed by atoms with E-state index in [2.05, 4.69) is 4.74 Å². The molecule has 0 aliphatic rings. The van der Waals surface area contributed by atoms with Crippen molar-refractivity contribution in [3.05, 3.63) is 60.2 Å². The number of carboxylic acids is 2. The van der Waals surface area contributed by atoms with E-state index >= 15 is 0 Å². The van der Waals surface area contributed by atoms with E-state index in [1.807, 2.05) is 30.3 Å². The van der Waals surface area contributed by atoms with Crippen LogP contribution in [0.3, 0.4) is 0 Å². The second kappa shape index (κ2) is 7.39. The third-order valence-electron chi connectivity index (χ3n) is 4.04. The van der Waals surface area contributed by atoms with E-state index in [-0.39, 0.29) is 5.56 Å². The maximum Gasteiger partial charge on any atom is 0.370 e. The Hall–Kier alpha value is -2.51. The van der Waals surface area contributed by atoms with E-state index in [0.29, 0.717) is 0 Å². The first-order valence-corrected chi connectivity index (χ1v) is 8.98. The molecule has 2 aromatic rings. The Labute approximate surface area is 148 Å². The summed E-state index contributed by atoms with van der Waals surface area (Å²) in [5, 5.41) is 15.7. The molecule has 26 heavy (non-hydrogen) atoms. The summed E-state index contributed by atoms with van der Waals surface area (Å²) >= 11 is 0. The fourth-order valence-corrected chi connectivity index (χ4v) is 3.86. The molecule has 0 amide bonds. The van der Waals surface area contributed by atoms with Gasteiger partial charge in [-0.25, -0.2) is 4.79 Å². The topological polar surface area (TPSA) is 141 Å². The van der Waals surface area contributed by atoms with Crippen LogP contribution in [-0.2, 0) is 18.9 Å².